The molecule has 0 radical (unpaired) electrons. The normalized spacial score (nSPS) is 16.6. The molecule has 0 saturated carbocycles. The van der Waals surface area contributed by atoms with E-state index in [1.54, 1.807) is 55.6 Å². The van der Waals surface area contributed by atoms with Gasteiger partial charge in [-0.3, -0.25) is 9.59 Å². The van der Waals surface area contributed by atoms with Crippen LogP contribution in [0.1, 0.15) is 10.4 Å². The van der Waals surface area contributed by atoms with Gasteiger partial charge in [-0.2, -0.15) is 0 Å². The quantitative estimate of drug-likeness (QED) is 0.762. The van der Waals surface area contributed by atoms with Crippen molar-refractivity contribution in [3.05, 3.63) is 54.1 Å². The molecule has 3 N–H and O–H groups in total. The Labute approximate surface area is 151 Å². The smallest absolute Gasteiger partial charge is 0.255 e. The Hall–Kier alpha value is -2.90. The molecule has 1 unspecified atom stereocenters. The number of amides is 2. The van der Waals surface area contributed by atoms with Gasteiger partial charge in [0.1, 0.15) is 11.8 Å². The molecular formula is C19H21N3O4. The highest BCUT2D eigenvalue weighted by molar-refractivity contribution is 6.04. The zero-order valence-electron chi connectivity index (χ0n) is 14.5. The van der Waals surface area contributed by atoms with Gasteiger partial charge in [0, 0.05) is 23.5 Å². The van der Waals surface area contributed by atoms with E-state index < -0.39 is 0 Å². The molecule has 3 rings (SSSR count). The predicted octanol–water partition coefficient (Wildman–Crippen LogP) is 1.87. The van der Waals surface area contributed by atoms with Crippen LogP contribution < -0.4 is 20.7 Å². The van der Waals surface area contributed by atoms with Crippen LogP contribution in [0, 0.1) is 0 Å². The van der Waals surface area contributed by atoms with Crippen LogP contribution in [-0.4, -0.2) is 44.7 Å². The second-order valence-corrected chi connectivity index (χ2v) is 5.83. The number of morpholine rings is 1. The Bertz CT molecular complexity index is 753. The van der Waals surface area contributed by atoms with Crippen molar-refractivity contribution < 1.29 is 19.1 Å². The van der Waals surface area contributed by atoms with Crippen LogP contribution in [0.3, 0.4) is 0 Å². The van der Waals surface area contributed by atoms with Gasteiger partial charge >= 0.3 is 0 Å². The molecule has 0 bridgehead atoms. The lowest BCUT2D eigenvalue weighted by Crippen LogP contribution is -2.48. The fourth-order valence-electron chi connectivity index (χ4n) is 2.55. The highest BCUT2D eigenvalue weighted by Crippen LogP contribution is 2.17. The van der Waals surface area contributed by atoms with E-state index in [1.165, 1.54) is 0 Å². The number of rotatable bonds is 5. The van der Waals surface area contributed by atoms with Crippen molar-refractivity contribution in [2.45, 2.75) is 6.04 Å². The fraction of sp³-hybridized carbons (Fsp3) is 0.263. The number of hydrogen-bond acceptors (Lipinski definition) is 5. The van der Waals surface area contributed by atoms with Gasteiger partial charge in [-0.05, 0) is 48.5 Å². The molecule has 1 atom stereocenters. The summed E-state index contributed by atoms with van der Waals surface area (Å²) in [4.78, 5) is 24.4. The highest BCUT2D eigenvalue weighted by Gasteiger charge is 2.21. The Morgan fingerprint density at radius 2 is 1.69 bits per heavy atom. The zero-order chi connectivity index (χ0) is 18.4. The highest BCUT2D eigenvalue weighted by atomic mass is 16.5. The van der Waals surface area contributed by atoms with E-state index in [0.717, 1.165) is 5.75 Å². The SMILES string of the molecule is COc1ccc(NC(=O)c2ccc(NC(=O)C3COCCN3)cc2)cc1. The Kier molecular flexibility index (Phi) is 5.83. The second kappa shape index (κ2) is 8.46. The maximum atomic E-state index is 12.3. The summed E-state index contributed by atoms with van der Waals surface area (Å²) in [6, 6.07) is 13.5. The third-order valence-electron chi connectivity index (χ3n) is 4.00. The summed E-state index contributed by atoms with van der Waals surface area (Å²) >= 11 is 0. The number of carbonyl (C=O) groups excluding carboxylic acids is 2. The van der Waals surface area contributed by atoms with E-state index in [1.807, 2.05) is 0 Å². The van der Waals surface area contributed by atoms with Crippen LogP contribution in [-0.2, 0) is 9.53 Å². The molecule has 1 aliphatic rings. The van der Waals surface area contributed by atoms with Crippen LogP contribution in [0.5, 0.6) is 5.75 Å². The van der Waals surface area contributed by atoms with E-state index in [0.29, 0.717) is 36.7 Å². The average Bonchev–Trinajstić information content (AvgIpc) is 2.69. The number of nitrogens with one attached hydrogen (secondary N) is 3. The number of methoxy groups -OCH3 is 1. The molecule has 0 aromatic heterocycles. The maximum Gasteiger partial charge on any atom is 0.255 e. The van der Waals surface area contributed by atoms with E-state index in [9.17, 15) is 9.59 Å². The maximum absolute atomic E-state index is 12.3. The number of hydrogen-bond donors (Lipinski definition) is 3. The summed E-state index contributed by atoms with van der Waals surface area (Å²) in [5.74, 6) is 0.344. The molecule has 1 fully saturated rings. The van der Waals surface area contributed by atoms with E-state index >= 15 is 0 Å². The summed E-state index contributed by atoms with van der Waals surface area (Å²) < 4.78 is 10.4. The minimum atomic E-state index is -0.359. The van der Waals surface area contributed by atoms with Gasteiger partial charge in [-0.15, -0.1) is 0 Å². The number of carbonyl (C=O) groups is 2. The van der Waals surface area contributed by atoms with Crippen molar-refractivity contribution >= 4 is 23.2 Å². The molecular weight excluding hydrogens is 334 g/mol. The molecule has 2 amide bonds. The van der Waals surface area contributed by atoms with E-state index in [-0.39, 0.29) is 17.9 Å². The fourth-order valence-corrected chi connectivity index (χ4v) is 2.55. The van der Waals surface area contributed by atoms with Gasteiger partial charge in [0.15, 0.2) is 0 Å². The molecule has 26 heavy (non-hydrogen) atoms. The lowest BCUT2D eigenvalue weighted by molar-refractivity contribution is -0.120. The third-order valence-corrected chi connectivity index (χ3v) is 4.00. The Morgan fingerprint density at radius 3 is 2.31 bits per heavy atom. The first-order chi connectivity index (χ1) is 12.7. The summed E-state index contributed by atoms with van der Waals surface area (Å²) in [6.45, 7) is 1.62. The lowest BCUT2D eigenvalue weighted by Gasteiger charge is -2.22. The molecule has 7 heteroatoms. The van der Waals surface area contributed by atoms with Gasteiger partial charge < -0.3 is 25.4 Å². The van der Waals surface area contributed by atoms with Gasteiger partial charge in [-0.1, -0.05) is 0 Å². The van der Waals surface area contributed by atoms with Crippen LogP contribution in [0.4, 0.5) is 11.4 Å². The summed E-state index contributed by atoms with van der Waals surface area (Å²) in [5, 5.41) is 8.72. The largest absolute Gasteiger partial charge is 0.497 e. The summed E-state index contributed by atoms with van der Waals surface area (Å²) in [7, 11) is 1.59. The van der Waals surface area contributed by atoms with Crippen LogP contribution in [0.15, 0.2) is 48.5 Å². The monoisotopic (exact) mass is 355 g/mol. The van der Waals surface area contributed by atoms with E-state index in [2.05, 4.69) is 16.0 Å². The molecule has 1 saturated heterocycles. The molecule has 1 heterocycles. The third kappa shape index (κ3) is 4.59. The molecule has 7 nitrogen and oxygen atoms in total. The number of anilines is 2. The number of benzene rings is 2. The van der Waals surface area contributed by atoms with Crippen LogP contribution >= 0.6 is 0 Å². The van der Waals surface area contributed by atoms with Crippen molar-refractivity contribution in [3.8, 4) is 5.75 Å². The van der Waals surface area contributed by atoms with Gasteiger partial charge in [0.25, 0.3) is 5.91 Å². The van der Waals surface area contributed by atoms with Gasteiger partial charge in [-0.25, -0.2) is 0 Å². The topological polar surface area (TPSA) is 88.7 Å². The first-order valence-electron chi connectivity index (χ1n) is 8.33. The average molecular weight is 355 g/mol. The van der Waals surface area contributed by atoms with Crippen molar-refractivity contribution in [3.63, 3.8) is 0 Å². The Balaban J connectivity index is 1.57. The molecule has 2 aromatic rings. The first-order valence-corrected chi connectivity index (χ1v) is 8.33. The number of ether oxygens (including phenoxy) is 2. The van der Waals surface area contributed by atoms with Gasteiger partial charge in [0.05, 0.1) is 20.3 Å². The minimum Gasteiger partial charge on any atom is -0.497 e. The minimum absolute atomic E-state index is 0.153. The molecule has 0 aliphatic carbocycles. The lowest BCUT2D eigenvalue weighted by atomic mass is 10.1. The standard InChI is InChI=1S/C19H21N3O4/c1-25-16-8-6-15(7-9-16)21-18(23)13-2-4-14(5-3-13)22-19(24)17-12-26-11-10-20-17/h2-9,17,20H,10-12H2,1H3,(H,21,23)(H,22,24). The Morgan fingerprint density at radius 1 is 1.04 bits per heavy atom. The van der Waals surface area contributed by atoms with Crippen molar-refractivity contribution in [2.24, 2.45) is 0 Å². The summed E-state index contributed by atoms with van der Waals surface area (Å²) in [5.41, 5.74) is 1.80. The van der Waals surface area contributed by atoms with Crippen LogP contribution in [0.25, 0.3) is 0 Å². The zero-order valence-corrected chi connectivity index (χ0v) is 14.5. The molecule has 2 aromatic carbocycles. The molecule has 136 valence electrons. The van der Waals surface area contributed by atoms with Crippen molar-refractivity contribution in [1.82, 2.24) is 5.32 Å². The second-order valence-electron chi connectivity index (χ2n) is 5.83. The molecule has 1 aliphatic heterocycles. The van der Waals surface area contributed by atoms with Crippen molar-refractivity contribution in [1.29, 1.82) is 0 Å². The molecule has 0 spiro atoms. The van der Waals surface area contributed by atoms with Crippen molar-refractivity contribution in [2.75, 3.05) is 37.5 Å². The van der Waals surface area contributed by atoms with Gasteiger partial charge in [0.2, 0.25) is 5.91 Å². The predicted molar refractivity (Wildman–Crippen MR) is 98.6 cm³/mol. The van der Waals surface area contributed by atoms with E-state index in [4.69, 9.17) is 9.47 Å². The summed E-state index contributed by atoms with van der Waals surface area (Å²) in [6.07, 6.45) is 0. The van der Waals surface area contributed by atoms with Crippen LogP contribution in [0.2, 0.25) is 0 Å². The first kappa shape index (κ1) is 17.9.